The first-order valence-electron chi connectivity index (χ1n) is 25.6. The summed E-state index contributed by atoms with van der Waals surface area (Å²) >= 11 is 0. The van der Waals surface area contributed by atoms with Crippen molar-refractivity contribution in [3.05, 3.63) is 206 Å². The van der Waals surface area contributed by atoms with E-state index in [4.69, 9.17) is 13.6 Å². The second-order valence-corrected chi connectivity index (χ2v) is 18.6. The summed E-state index contributed by atoms with van der Waals surface area (Å²) in [6, 6.07) is 58.3. The normalized spacial score (nSPS) is 15.3. The van der Waals surface area contributed by atoms with Crippen molar-refractivity contribution >= 4 is 79.6 Å². The minimum absolute atomic E-state index is 0.171. The van der Waals surface area contributed by atoms with E-state index < -0.39 is 6.98 Å². The predicted molar refractivity (Wildman–Crippen MR) is 292 cm³/mol. The maximum absolute atomic E-state index is 8.14. The zero-order valence-corrected chi connectivity index (χ0v) is 40.1. The van der Waals surface area contributed by atoms with Crippen LogP contribution in [-0.2, 0) is 0 Å². The molecular weight excluding hydrogens is 893 g/mol. The average molecular weight is 948 g/mol. The van der Waals surface area contributed by atoms with Crippen LogP contribution in [0.2, 0.25) is 0 Å². The van der Waals surface area contributed by atoms with Gasteiger partial charge in [0.1, 0.15) is 36.3 Å². The predicted octanol–water partition coefficient (Wildman–Crippen LogP) is 14.3. The van der Waals surface area contributed by atoms with E-state index >= 15 is 0 Å². The Hall–Kier alpha value is -9.16. The summed E-state index contributed by atoms with van der Waals surface area (Å²) in [6.45, 7) is 4.24. The number of hydrogen-bond donors (Lipinski definition) is 0. The Morgan fingerprint density at radius 3 is 1.11 bits per heavy atom. The number of rotatable bonds is 10. The van der Waals surface area contributed by atoms with E-state index in [0.717, 1.165) is 97.7 Å². The molecule has 13 rings (SSSR count). The fraction of sp³-hybridized carbons (Fsp3) is 0.133. The Labute approximate surface area is 424 Å². The summed E-state index contributed by atoms with van der Waals surface area (Å²) in [7, 11) is 2.08. The molecule has 72 heavy (non-hydrogen) atoms. The van der Waals surface area contributed by atoms with Crippen LogP contribution >= 0.6 is 0 Å². The van der Waals surface area contributed by atoms with E-state index in [1.54, 1.807) is 12.4 Å². The Kier molecular flexibility index (Phi) is 9.56. The summed E-state index contributed by atoms with van der Waals surface area (Å²) in [5.41, 5.74) is 16.6. The maximum Gasteiger partial charge on any atom is 0.129 e. The van der Waals surface area contributed by atoms with Gasteiger partial charge in [0.05, 0.1) is 71.2 Å². The molecule has 0 N–H and O–H groups in total. The van der Waals surface area contributed by atoms with E-state index in [-0.39, 0.29) is 6.67 Å². The monoisotopic (exact) mass is 947 g/mol. The van der Waals surface area contributed by atoms with Gasteiger partial charge in [-0.2, -0.15) is 0 Å². The molecule has 0 spiro atoms. The van der Waals surface area contributed by atoms with Crippen LogP contribution in [0.4, 0.5) is 79.6 Å². The first-order chi connectivity index (χ1) is 36.5. The lowest BCUT2D eigenvalue weighted by Crippen LogP contribution is -2.26. The average Bonchev–Trinajstić information content (AvgIpc) is 4.22. The zero-order valence-electron chi connectivity index (χ0n) is 43.1. The van der Waals surface area contributed by atoms with Gasteiger partial charge in [-0.25, -0.2) is 0 Å². The van der Waals surface area contributed by atoms with Gasteiger partial charge in [-0.1, -0.05) is 48.5 Å². The fourth-order valence-corrected chi connectivity index (χ4v) is 10.6. The van der Waals surface area contributed by atoms with Crippen molar-refractivity contribution in [1.29, 1.82) is 0 Å². The second-order valence-electron chi connectivity index (χ2n) is 18.6. The highest BCUT2D eigenvalue weighted by molar-refractivity contribution is 5.92. The Balaban J connectivity index is 0.735. The molecule has 0 aliphatic carbocycles. The summed E-state index contributed by atoms with van der Waals surface area (Å²) in [5, 5.41) is 0. The number of aryl methyl sites for hydroxylation is 2. The van der Waals surface area contributed by atoms with Crippen LogP contribution in [-0.4, -0.2) is 50.7 Å². The quantitative estimate of drug-likeness (QED) is 0.131. The lowest BCUT2D eigenvalue weighted by Gasteiger charge is -2.28. The topological polar surface area (TPSA) is 70.2 Å². The molecule has 12 nitrogen and oxygen atoms in total. The van der Waals surface area contributed by atoms with E-state index in [9.17, 15) is 0 Å². The molecule has 0 atom stereocenters. The van der Waals surface area contributed by atoms with Crippen LogP contribution in [0, 0.1) is 13.8 Å². The van der Waals surface area contributed by atoms with Gasteiger partial charge in [-0.05, 0) is 122 Å². The van der Waals surface area contributed by atoms with Crippen LogP contribution in [0.15, 0.2) is 195 Å². The molecule has 12 heteroatoms. The van der Waals surface area contributed by atoms with E-state index in [1.807, 2.05) is 78.0 Å². The lowest BCUT2D eigenvalue weighted by atomic mass is 10.1. The van der Waals surface area contributed by atoms with Crippen molar-refractivity contribution < 1.29 is 13.6 Å². The SMILES string of the molecule is [2H]C([2H])([2H])N1CN(c2cccc(Oc3cccc(N4CN(c5cc(C)c(N6CN(c7cccc(Oc8cccc(N9CN(C)c%10cnccc%109)c8)c7)c7ccccc76)cc5C)c5ccccc54)c3)c2)c2ccncc21. The Morgan fingerprint density at radius 2 is 0.708 bits per heavy atom. The van der Waals surface area contributed by atoms with Crippen LogP contribution in [0.5, 0.6) is 23.0 Å². The molecule has 0 saturated carbocycles. The molecular formula is C60H52N10O2. The van der Waals surface area contributed by atoms with E-state index in [2.05, 4.69) is 169 Å². The van der Waals surface area contributed by atoms with Crippen molar-refractivity contribution in [1.82, 2.24) is 9.97 Å². The number of anilines is 14. The summed E-state index contributed by atoms with van der Waals surface area (Å²) < 4.78 is 37.6. The zero-order chi connectivity index (χ0) is 51.0. The van der Waals surface area contributed by atoms with Crippen molar-refractivity contribution in [3.8, 4) is 23.0 Å². The van der Waals surface area contributed by atoms with E-state index in [0.29, 0.717) is 30.5 Å². The first kappa shape index (κ1) is 39.7. The van der Waals surface area contributed by atoms with Crippen LogP contribution < -0.4 is 48.7 Å². The Bertz CT molecular complexity index is 3670. The molecule has 0 unspecified atom stereocenters. The van der Waals surface area contributed by atoms with Crippen molar-refractivity contribution in [2.24, 2.45) is 0 Å². The van der Waals surface area contributed by atoms with Crippen molar-refractivity contribution in [3.63, 3.8) is 0 Å². The van der Waals surface area contributed by atoms with Crippen molar-refractivity contribution in [2.45, 2.75) is 13.8 Å². The molecule has 354 valence electrons. The minimum atomic E-state index is -2.31. The number of aromatic nitrogens is 2. The van der Waals surface area contributed by atoms with Gasteiger partial charge < -0.3 is 48.7 Å². The third-order valence-corrected chi connectivity index (χ3v) is 14.1. The summed E-state index contributed by atoms with van der Waals surface area (Å²) in [5.74, 6) is 2.86. The van der Waals surface area contributed by atoms with Gasteiger partial charge in [0.15, 0.2) is 0 Å². The first-order valence-corrected chi connectivity index (χ1v) is 24.1. The van der Waals surface area contributed by atoms with Gasteiger partial charge in [0, 0.05) is 88.9 Å². The largest absolute Gasteiger partial charge is 0.457 e. The van der Waals surface area contributed by atoms with Gasteiger partial charge in [0.25, 0.3) is 0 Å². The highest BCUT2D eigenvalue weighted by Crippen LogP contribution is 2.50. The van der Waals surface area contributed by atoms with Crippen LogP contribution in [0.25, 0.3) is 0 Å². The number of benzene rings is 7. The van der Waals surface area contributed by atoms with E-state index in [1.165, 1.54) is 10.5 Å². The molecule has 6 heterocycles. The standard InChI is InChI=1S/C60H52N10O2/c1-41-29-58(70-40-68(52-22-6-8-24-54(52)70)46-16-12-20-50(34-46)72-48-18-10-14-44(32-48)66-38-64(4)60-36-62-28-26-56(60)66)42(2)30-57(41)69-39-67(51-21-5-7-23-53(51)69)45-15-11-19-49(33-45)71-47-17-9-13-43(31-47)65-37-63(3)59-35-61-27-25-55(59)65/h5-36H,37-40H2,1-4H3/i3D3. The highest BCUT2D eigenvalue weighted by atomic mass is 16.5. The molecule has 4 aliphatic rings. The number of para-hydroxylation sites is 4. The number of ether oxygens (including phenoxy) is 2. The third-order valence-electron chi connectivity index (χ3n) is 14.1. The third kappa shape index (κ3) is 7.46. The highest BCUT2D eigenvalue weighted by Gasteiger charge is 2.33. The molecule has 0 radical (unpaired) electrons. The van der Waals surface area contributed by atoms with Crippen LogP contribution in [0.1, 0.15) is 15.2 Å². The second kappa shape index (κ2) is 17.4. The molecule has 2 aromatic heterocycles. The number of pyridine rings is 2. The molecule has 9 aromatic rings. The minimum Gasteiger partial charge on any atom is -0.457 e. The Morgan fingerprint density at radius 1 is 0.361 bits per heavy atom. The molecule has 7 aromatic carbocycles. The van der Waals surface area contributed by atoms with Gasteiger partial charge in [-0.3, -0.25) is 9.97 Å². The molecule has 4 aliphatic heterocycles. The lowest BCUT2D eigenvalue weighted by molar-refractivity contribution is 0.482. The van der Waals surface area contributed by atoms with Crippen molar-refractivity contribution in [2.75, 3.05) is 79.9 Å². The number of nitrogens with zero attached hydrogens (tertiary/aromatic N) is 10. The molecule has 0 fully saturated rings. The fourth-order valence-electron chi connectivity index (χ4n) is 10.6. The summed E-state index contributed by atoms with van der Waals surface area (Å²) in [4.78, 5) is 25.9. The number of fused-ring (bicyclic) bond motifs is 4. The van der Waals surface area contributed by atoms with Gasteiger partial charge >= 0.3 is 0 Å². The van der Waals surface area contributed by atoms with Gasteiger partial charge in [0.2, 0.25) is 0 Å². The molecule has 0 amide bonds. The smallest absolute Gasteiger partial charge is 0.129 e. The molecule has 0 bridgehead atoms. The molecule has 0 saturated heterocycles. The van der Waals surface area contributed by atoms with Gasteiger partial charge in [-0.15, -0.1) is 0 Å². The maximum atomic E-state index is 8.14. The number of hydrogen-bond acceptors (Lipinski definition) is 12. The summed E-state index contributed by atoms with van der Waals surface area (Å²) in [6.07, 6.45) is 7.04. The van der Waals surface area contributed by atoms with Crippen LogP contribution in [0.3, 0.4) is 0 Å².